The molecule has 1 aliphatic carbocycles. The van der Waals surface area contributed by atoms with Crippen LogP contribution in [0.2, 0.25) is 0 Å². The summed E-state index contributed by atoms with van der Waals surface area (Å²) < 4.78 is 5.12. The van der Waals surface area contributed by atoms with Gasteiger partial charge in [0.1, 0.15) is 0 Å². The number of carbonyl (C=O) groups is 2. The van der Waals surface area contributed by atoms with Crippen molar-refractivity contribution in [2.24, 2.45) is 5.92 Å². The Labute approximate surface area is 120 Å². The number of amides is 1. The van der Waals surface area contributed by atoms with Crippen LogP contribution in [-0.2, 0) is 14.3 Å². The highest BCUT2D eigenvalue weighted by atomic mass is 16.5. The zero-order chi connectivity index (χ0) is 14.2. The third-order valence-electron chi connectivity index (χ3n) is 5.14. The first-order chi connectivity index (χ1) is 9.66. The first kappa shape index (κ1) is 13.9. The third-order valence-corrected chi connectivity index (χ3v) is 5.14. The summed E-state index contributed by atoms with van der Waals surface area (Å²) in [6.07, 6.45) is 6.70. The average molecular weight is 280 g/mol. The fraction of sp³-hybridized carbons (Fsp3) is 0.867. The minimum absolute atomic E-state index is 0.0151. The molecule has 1 atom stereocenters. The number of nitrogens with one attached hydrogen (secondary N) is 1. The van der Waals surface area contributed by atoms with Crippen LogP contribution in [0.25, 0.3) is 0 Å². The van der Waals surface area contributed by atoms with Crippen molar-refractivity contribution in [2.45, 2.75) is 63.6 Å². The summed E-state index contributed by atoms with van der Waals surface area (Å²) in [7, 11) is 0. The van der Waals surface area contributed by atoms with Gasteiger partial charge < -0.3 is 10.1 Å². The molecule has 1 saturated carbocycles. The fourth-order valence-electron chi connectivity index (χ4n) is 4.10. The minimum atomic E-state index is -0.175. The molecule has 2 aliphatic heterocycles. The summed E-state index contributed by atoms with van der Waals surface area (Å²) in [5.74, 6) is 0.141. The topological polar surface area (TPSA) is 58.6 Å². The molecule has 3 aliphatic rings. The molecular weight excluding hydrogens is 256 g/mol. The summed E-state index contributed by atoms with van der Waals surface area (Å²) in [5.41, 5.74) is -0.175. The van der Waals surface area contributed by atoms with E-state index in [9.17, 15) is 9.59 Å². The Kier molecular flexibility index (Phi) is 3.71. The first-order valence-corrected chi connectivity index (χ1v) is 7.92. The van der Waals surface area contributed by atoms with Gasteiger partial charge >= 0.3 is 5.97 Å². The Balaban J connectivity index is 1.67. The average Bonchev–Trinajstić information content (AvgIpc) is 2.74. The summed E-state index contributed by atoms with van der Waals surface area (Å²) in [5, 5.41) is 3.24. The number of esters is 1. The third kappa shape index (κ3) is 2.22. The number of ether oxygens (including phenoxy) is 1. The van der Waals surface area contributed by atoms with Crippen molar-refractivity contribution in [2.75, 3.05) is 13.2 Å². The van der Waals surface area contributed by atoms with Crippen molar-refractivity contribution in [3.8, 4) is 0 Å². The lowest BCUT2D eigenvalue weighted by molar-refractivity contribution is -0.150. The van der Waals surface area contributed by atoms with E-state index in [1.165, 1.54) is 6.42 Å². The quantitative estimate of drug-likeness (QED) is 0.777. The molecular formula is C15H24N2O3. The molecule has 2 heterocycles. The highest BCUT2D eigenvalue weighted by Gasteiger charge is 2.53. The van der Waals surface area contributed by atoms with Crippen molar-refractivity contribution in [1.82, 2.24) is 10.2 Å². The standard InChI is InChI=1S/C15H24N2O3/c1-2-20-14(19)11-6-8-15(9-7-11)16-13(18)12-5-3-4-10-17(12)15/h11-12H,2-10H2,1H3,(H,16,18). The predicted molar refractivity (Wildman–Crippen MR) is 73.8 cm³/mol. The number of nitrogens with zero attached hydrogens (tertiary/aromatic N) is 1. The van der Waals surface area contributed by atoms with Gasteiger partial charge in [0, 0.05) is 6.54 Å². The second-order valence-electron chi connectivity index (χ2n) is 6.25. The maximum absolute atomic E-state index is 12.2. The van der Waals surface area contributed by atoms with Crippen LogP contribution in [0.5, 0.6) is 0 Å². The molecule has 0 radical (unpaired) electrons. The van der Waals surface area contributed by atoms with Gasteiger partial charge in [0.15, 0.2) is 0 Å². The van der Waals surface area contributed by atoms with Crippen LogP contribution in [0.1, 0.15) is 51.9 Å². The summed E-state index contributed by atoms with van der Waals surface area (Å²) in [6.45, 7) is 3.30. The van der Waals surface area contributed by atoms with Gasteiger partial charge in [-0.1, -0.05) is 6.42 Å². The maximum Gasteiger partial charge on any atom is 0.308 e. The van der Waals surface area contributed by atoms with E-state index in [1.807, 2.05) is 6.92 Å². The molecule has 0 bridgehead atoms. The Morgan fingerprint density at radius 3 is 2.80 bits per heavy atom. The molecule has 0 aromatic rings. The molecule has 0 aromatic carbocycles. The molecule has 112 valence electrons. The number of carbonyl (C=O) groups excluding carboxylic acids is 2. The summed E-state index contributed by atoms with van der Waals surface area (Å²) >= 11 is 0. The van der Waals surface area contributed by atoms with Gasteiger partial charge in [-0.05, 0) is 45.4 Å². The van der Waals surface area contributed by atoms with E-state index in [0.717, 1.165) is 45.1 Å². The smallest absolute Gasteiger partial charge is 0.308 e. The molecule has 1 amide bonds. The molecule has 20 heavy (non-hydrogen) atoms. The second-order valence-corrected chi connectivity index (χ2v) is 6.25. The monoisotopic (exact) mass is 280 g/mol. The van der Waals surface area contributed by atoms with Crippen LogP contribution in [-0.4, -0.2) is 41.6 Å². The highest BCUT2D eigenvalue weighted by Crippen LogP contribution is 2.41. The number of piperidine rings is 1. The van der Waals surface area contributed by atoms with Gasteiger partial charge in [-0.2, -0.15) is 0 Å². The summed E-state index contributed by atoms with van der Waals surface area (Å²) in [4.78, 5) is 26.4. The molecule has 5 nitrogen and oxygen atoms in total. The van der Waals surface area contributed by atoms with Gasteiger partial charge in [0.25, 0.3) is 0 Å². The van der Waals surface area contributed by atoms with Gasteiger partial charge in [-0.25, -0.2) is 0 Å². The van der Waals surface area contributed by atoms with Crippen LogP contribution in [0.4, 0.5) is 0 Å². The second kappa shape index (κ2) is 5.35. The number of rotatable bonds is 2. The number of fused-ring (bicyclic) bond motifs is 2. The van der Waals surface area contributed by atoms with E-state index in [4.69, 9.17) is 4.74 Å². The SMILES string of the molecule is CCOC(=O)C1CCC2(CC1)NC(=O)C1CCCCN12. The van der Waals surface area contributed by atoms with Crippen molar-refractivity contribution >= 4 is 11.9 Å². The van der Waals surface area contributed by atoms with Crippen molar-refractivity contribution in [3.63, 3.8) is 0 Å². The van der Waals surface area contributed by atoms with E-state index in [-0.39, 0.29) is 29.5 Å². The largest absolute Gasteiger partial charge is 0.466 e. The van der Waals surface area contributed by atoms with Crippen molar-refractivity contribution in [3.05, 3.63) is 0 Å². The fourth-order valence-corrected chi connectivity index (χ4v) is 4.10. The van der Waals surface area contributed by atoms with Crippen LogP contribution in [0.3, 0.4) is 0 Å². The molecule has 3 rings (SSSR count). The van der Waals surface area contributed by atoms with Crippen LogP contribution in [0, 0.1) is 5.92 Å². The lowest BCUT2D eigenvalue weighted by Gasteiger charge is -2.45. The summed E-state index contributed by atoms with van der Waals surface area (Å²) in [6, 6.07) is 0.0721. The van der Waals surface area contributed by atoms with Crippen molar-refractivity contribution in [1.29, 1.82) is 0 Å². The normalized spacial score (nSPS) is 37.5. The van der Waals surface area contributed by atoms with E-state index in [0.29, 0.717) is 6.61 Å². The van der Waals surface area contributed by atoms with Gasteiger partial charge in [0.2, 0.25) is 5.91 Å². The van der Waals surface area contributed by atoms with Crippen LogP contribution >= 0.6 is 0 Å². The van der Waals surface area contributed by atoms with Crippen LogP contribution < -0.4 is 5.32 Å². The Bertz CT molecular complexity index is 402. The molecule has 2 saturated heterocycles. The predicted octanol–water partition coefficient (Wildman–Crippen LogP) is 1.42. The van der Waals surface area contributed by atoms with Crippen molar-refractivity contribution < 1.29 is 14.3 Å². The Morgan fingerprint density at radius 1 is 1.35 bits per heavy atom. The van der Waals surface area contributed by atoms with E-state index in [1.54, 1.807) is 0 Å². The first-order valence-electron chi connectivity index (χ1n) is 7.92. The van der Waals surface area contributed by atoms with Crippen LogP contribution in [0.15, 0.2) is 0 Å². The van der Waals surface area contributed by atoms with E-state index in [2.05, 4.69) is 10.2 Å². The van der Waals surface area contributed by atoms with E-state index >= 15 is 0 Å². The van der Waals surface area contributed by atoms with Gasteiger partial charge in [0.05, 0.1) is 24.2 Å². The maximum atomic E-state index is 12.2. The van der Waals surface area contributed by atoms with Gasteiger partial charge in [-0.15, -0.1) is 0 Å². The van der Waals surface area contributed by atoms with E-state index < -0.39 is 0 Å². The Hall–Kier alpha value is -1.10. The molecule has 0 aromatic heterocycles. The van der Waals surface area contributed by atoms with Gasteiger partial charge in [-0.3, -0.25) is 14.5 Å². The highest BCUT2D eigenvalue weighted by molar-refractivity contribution is 5.85. The zero-order valence-corrected chi connectivity index (χ0v) is 12.2. The Morgan fingerprint density at radius 2 is 2.10 bits per heavy atom. The molecule has 3 fully saturated rings. The lowest BCUT2D eigenvalue weighted by Crippen LogP contribution is -2.56. The molecule has 5 heteroatoms. The molecule has 1 N–H and O–H groups in total. The lowest BCUT2D eigenvalue weighted by atomic mass is 9.80. The molecule has 1 unspecified atom stereocenters. The zero-order valence-electron chi connectivity index (χ0n) is 12.2. The molecule has 1 spiro atoms. The number of hydrogen-bond acceptors (Lipinski definition) is 4. The number of hydrogen-bond donors (Lipinski definition) is 1. The minimum Gasteiger partial charge on any atom is -0.466 e.